The van der Waals surface area contributed by atoms with Gasteiger partial charge in [0.2, 0.25) is 11.8 Å². The second-order valence-corrected chi connectivity index (χ2v) is 6.74. The lowest BCUT2D eigenvalue weighted by Gasteiger charge is -2.04. The highest BCUT2D eigenvalue weighted by Gasteiger charge is 2.07. The minimum absolute atomic E-state index is 0.00632. The first-order chi connectivity index (χ1) is 11.4. The van der Waals surface area contributed by atoms with Crippen molar-refractivity contribution < 1.29 is 14.7 Å². The van der Waals surface area contributed by atoms with Gasteiger partial charge < -0.3 is 10.4 Å². The van der Waals surface area contributed by atoms with E-state index >= 15 is 0 Å². The summed E-state index contributed by atoms with van der Waals surface area (Å²) in [7, 11) is 0. The van der Waals surface area contributed by atoms with Gasteiger partial charge in [0, 0.05) is 39.3 Å². The zero-order chi connectivity index (χ0) is 17.5. The number of aromatic hydroxyl groups is 1. The number of hydrogen-bond donors (Lipinski definition) is 2. The summed E-state index contributed by atoms with van der Waals surface area (Å²) in [5.74, 6) is -0.658. The van der Waals surface area contributed by atoms with Gasteiger partial charge in [-0.1, -0.05) is 31.9 Å². The number of carbonyl (C=O) groups excluding carboxylic acids is 2. The summed E-state index contributed by atoms with van der Waals surface area (Å²) in [6, 6.07) is 12.0. The van der Waals surface area contributed by atoms with Gasteiger partial charge >= 0.3 is 0 Å². The number of anilines is 1. The molecule has 0 aromatic heterocycles. The van der Waals surface area contributed by atoms with Crippen LogP contribution in [0.2, 0.25) is 0 Å². The fraction of sp³-hybridized carbons (Fsp3) is 0.118. The van der Waals surface area contributed by atoms with Crippen molar-refractivity contribution in [2.75, 3.05) is 5.32 Å². The van der Waals surface area contributed by atoms with Crippen LogP contribution >= 0.6 is 31.9 Å². The topological polar surface area (TPSA) is 78.8 Å². The summed E-state index contributed by atoms with van der Waals surface area (Å²) in [4.78, 5) is 27.3. The predicted octanol–water partition coefficient (Wildman–Crippen LogP) is 4.28. The first kappa shape index (κ1) is 18.4. The number of phenolic OH excluding ortho intramolecular Hbond substituents is 1. The third-order valence-corrected chi connectivity index (χ3v) is 4.05. The van der Waals surface area contributed by atoms with E-state index in [1.165, 1.54) is 12.3 Å². The molecule has 2 aromatic carbocycles. The lowest BCUT2D eigenvalue weighted by Crippen LogP contribution is -2.12. The molecule has 0 atom stereocenters. The lowest BCUT2D eigenvalue weighted by molar-refractivity contribution is -0.122. The van der Waals surface area contributed by atoms with Crippen LogP contribution in [-0.4, -0.2) is 23.1 Å². The molecule has 0 bridgehead atoms. The second kappa shape index (κ2) is 8.75. The maximum Gasteiger partial charge on any atom is 0.246 e. The molecule has 24 heavy (non-hydrogen) atoms. The molecular formula is C17H14Br2N2O3. The molecule has 0 unspecified atom stereocenters. The normalized spacial score (nSPS) is 10.8. The fourth-order valence-electron chi connectivity index (χ4n) is 1.81. The summed E-state index contributed by atoms with van der Waals surface area (Å²) in [6.07, 6.45) is 1.32. The fourth-order valence-corrected chi connectivity index (χ4v) is 2.46. The molecule has 0 fully saturated rings. The number of aliphatic imine (C=N–C) groups is 1. The van der Waals surface area contributed by atoms with Gasteiger partial charge in [0.15, 0.2) is 0 Å². The highest BCUT2D eigenvalue weighted by Crippen LogP contribution is 2.20. The van der Waals surface area contributed by atoms with Crippen LogP contribution in [0.25, 0.3) is 0 Å². The van der Waals surface area contributed by atoms with E-state index < -0.39 is 5.91 Å². The Labute approximate surface area is 156 Å². The number of rotatable bonds is 5. The van der Waals surface area contributed by atoms with Crippen molar-refractivity contribution in [3.63, 3.8) is 0 Å². The molecule has 124 valence electrons. The molecule has 0 radical (unpaired) electrons. The van der Waals surface area contributed by atoms with Crippen molar-refractivity contribution >= 4 is 55.6 Å². The molecule has 0 aliphatic carbocycles. The maximum absolute atomic E-state index is 11.8. The van der Waals surface area contributed by atoms with Gasteiger partial charge in [-0.25, -0.2) is 4.99 Å². The van der Waals surface area contributed by atoms with E-state index in [1.54, 1.807) is 24.3 Å². The Morgan fingerprint density at radius 1 is 1.04 bits per heavy atom. The van der Waals surface area contributed by atoms with Crippen LogP contribution in [0, 0.1) is 0 Å². The molecule has 0 aliphatic heterocycles. The molecule has 0 saturated carbocycles. The first-order valence-corrected chi connectivity index (χ1v) is 8.63. The summed E-state index contributed by atoms with van der Waals surface area (Å²) < 4.78 is 1.68. The van der Waals surface area contributed by atoms with Gasteiger partial charge in [-0.2, -0.15) is 0 Å². The Hall–Kier alpha value is -1.99. The molecule has 7 heteroatoms. The predicted molar refractivity (Wildman–Crippen MR) is 100 cm³/mol. The largest absolute Gasteiger partial charge is 0.507 e. The van der Waals surface area contributed by atoms with Crippen molar-refractivity contribution in [2.45, 2.75) is 12.8 Å². The van der Waals surface area contributed by atoms with Crippen molar-refractivity contribution in [2.24, 2.45) is 4.99 Å². The molecule has 5 nitrogen and oxygen atoms in total. The highest BCUT2D eigenvalue weighted by molar-refractivity contribution is 9.10. The Morgan fingerprint density at radius 2 is 1.71 bits per heavy atom. The van der Waals surface area contributed by atoms with E-state index in [4.69, 9.17) is 0 Å². The average molecular weight is 454 g/mol. The van der Waals surface area contributed by atoms with E-state index in [9.17, 15) is 14.7 Å². The van der Waals surface area contributed by atoms with Gasteiger partial charge in [-0.05, 0) is 42.5 Å². The number of nitrogens with one attached hydrogen (secondary N) is 1. The number of hydrogen-bond acceptors (Lipinski definition) is 3. The van der Waals surface area contributed by atoms with Crippen LogP contribution in [-0.2, 0) is 9.59 Å². The average Bonchev–Trinajstić information content (AvgIpc) is 2.56. The highest BCUT2D eigenvalue weighted by atomic mass is 79.9. The van der Waals surface area contributed by atoms with E-state index in [1.807, 2.05) is 12.1 Å². The van der Waals surface area contributed by atoms with Crippen molar-refractivity contribution in [3.05, 3.63) is 57.0 Å². The van der Waals surface area contributed by atoms with Crippen LogP contribution in [0.5, 0.6) is 5.75 Å². The molecule has 2 aromatic rings. The van der Waals surface area contributed by atoms with Crippen LogP contribution < -0.4 is 5.32 Å². The molecule has 0 aliphatic rings. The van der Waals surface area contributed by atoms with Gasteiger partial charge in [0.05, 0.1) is 0 Å². The summed E-state index contributed by atoms with van der Waals surface area (Å²) in [6.45, 7) is 0. The molecule has 0 heterocycles. The zero-order valence-corrected chi connectivity index (χ0v) is 15.7. The summed E-state index contributed by atoms with van der Waals surface area (Å²) in [5, 5.41) is 12.4. The van der Waals surface area contributed by atoms with Crippen LogP contribution in [0.4, 0.5) is 5.69 Å². The third kappa shape index (κ3) is 5.90. The maximum atomic E-state index is 11.8. The van der Waals surface area contributed by atoms with Gasteiger partial charge in [0.25, 0.3) is 0 Å². The van der Waals surface area contributed by atoms with Gasteiger partial charge in [-0.3, -0.25) is 9.59 Å². The number of amides is 2. The van der Waals surface area contributed by atoms with Crippen molar-refractivity contribution in [3.8, 4) is 5.75 Å². The van der Waals surface area contributed by atoms with Crippen molar-refractivity contribution in [1.29, 1.82) is 0 Å². The van der Waals surface area contributed by atoms with Crippen LogP contribution in [0.15, 0.2) is 56.4 Å². The number of carbonyl (C=O) groups is 2. The Morgan fingerprint density at radius 3 is 2.42 bits per heavy atom. The molecule has 2 amide bonds. The van der Waals surface area contributed by atoms with E-state index in [0.29, 0.717) is 11.3 Å². The number of halogens is 2. The Bertz CT molecular complexity index is 774. The smallest absolute Gasteiger partial charge is 0.246 e. The number of nitrogens with zero attached hydrogens (tertiary/aromatic N) is 1. The molecule has 2 N–H and O–H groups in total. The minimum atomic E-state index is -0.430. The van der Waals surface area contributed by atoms with Gasteiger partial charge in [0.1, 0.15) is 5.75 Å². The standard InChI is InChI=1S/C17H14Br2N2O3/c18-12-1-4-14(5-2-12)21-17(24)8-7-16(23)20-10-11-9-13(19)3-6-15(11)22/h1-6,9-10,22H,7-8H2,(H,21,24)/b20-10+. The van der Waals surface area contributed by atoms with E-state index in [0.717, 1.165) is 8.95 Å². The minimum Gasteiger partial charge on any atom is -0.507 e. The molecule has 0 saturated heterocycles. The zero-order valence-electron chi connectivity index (χ0n) is 12.5. The van der Waals surface area contributed by atoms with Crippen molar-refractivity contribution in [1.82, 2.24) is 0 Å². The monoisotopic (exact) mass is 452 g/mol. The quantitative estimate of drug-likeness (QED) is 0.663. The molecule has 2 rings (SSSR count). The van der Waals surface area contributed by atoms with Gasteiger partial charge in [-0.15, -0.1) is 0 Å². The molecule has 0 spiro atoms. The van der Waals surface area contributed by atoms with E-state index in [-0.39, 0.29) is 24.5 Å². The Kier molecular flexibility index (Phi) is 6.69. The number of phenols is 1. The first-order valence-electron chi connectivity index (χ1n) is 7.05. The van der Waals surface area contributed by atoms with E-state index in [2.05, 4.69) is 42.2 Å². The lowest BCUT2D eigenvalue weighted by atomic mass is 10.2. The Balaban J connectivity index is 1.84. The SMILES string of the molecule is O=C(CCC(=O)Nc1ccc(Br)cc1)/N=C/c1cc(Br)ccc1O. The van der Waals surface area contributed by atoms with Crippen LogP contribution in [0.1, 0.15) is 18.4 Å². The third-order valence-electron chi connectivity index (χ3n) is 3.03. The summed E-state index contributed by atoms with van der Waals surface area (Å²) >= 11 is 6.59. The second-order valence-electron chi connectivity index (χ2n) is 4.91. The number of benzene rings is 2. The molecular weight excluding hydrogens is 440 g/mol. The summed E-state index contributed by atoms with van der Waals surface area (Å²) in [5.41, 5.74) is 1.09. The van der Waals surface area contributed by atoms with Crippen LogP contribution in [0.3, 0.4) is 0 Å².